The van der Waals surface area contributed by atoms with Gasteiger partial charge < -0.3 is 15.1 Å². The van der Waals surface area contributed by atoms with Gasteiger partial charge in [-0.1, -0.05) is 24.8 Å². The summed E-state index contributed by atoms with van der Waals surface area (Å²) < 4.78 is 34.7. The van der Waals surface area contributed by atoms with E-state index in [1.807, 2.05) is 39.0 Å². The summed E-state index contributed by atoms with van der Waals surface area (Å²) in [5.41, 5.74) is 0.175. The first kappa shape index (κ1) is 25.7. The third-order valence-corrected chi connectivity index (χ3v) is 9.15. The van der Waals surface area contributed by atoms with Crippen LogP contribution in [0.15, 0.2) is 70.5 Å². The van der Waals surface area contributed by atoms with Crippen molar-refractivity contribution in [1.82, 2.24) is 9.62 Å². The van der Waals surface area contributed by atoms with Crippen LogP contribution in [0.4, 0.5) is 5.69 Å². The molecular weight excluding hydrogens is 478 g/mol. The van der Waals surface area contributed by atoms with Crippen LogP contribution in [0, 0.1) is 6.92 Å². The van der Waals surface area contributed by atoms with Gasteiger partial charge in [0.05, 0.1) is 10.4 Å². The van der Waals surface area contributed by atoms with E-state index in [0.29, 0.717) is 17.7 Å². The molecule has 2 heterocycles. The average Bonchev–Trinajstić information content (AvgIpc) is 3.23. The zero-order valence-corrected chi connectivity index (χ0v) is 21.9. The van der Waals surface area contributed by atoms with Gasteiger partial charge in [0.1, 0.15) is 5.58 Å². The van der Waals surface area contributed by atoms with Crippen molar-refractivity contribution in [3.8, 4) is 0 Å². The predicted octanol–water partition coefficient (Wildman–Crippen LogP) is 4.62. The van der Waals surface area contributed by atoms with Crippen LogP contribution in [0.3, 0.4) is 0 Å². The van der Waals surface area contributed by atoms with Gasteiger partial charge in [-0.3, -0.25) is 9.59 Å². The third-order valence-electron chi connectivity index (χ3n) is 6.83. The fourth-order valence-corrected chi connectivity index (χ4v) is 7.40. The van der Waals surface area contributed by atoms with Gasteiger partial charge in [-0.25, -0.2) is 8.42 Å². The van der Waals surface area contributed by atoms with E-state index < -0.39 is 33.1 Å². The Kier molecular flexibility index (Phi) is 6.34. The molecule has 0 aliphatic carbocycles. The molecule has 1 fully saturated rings. The van der Waals surface area contributed by atoms with E-state index in [2.05, 4.69) is 17.2 Å². The Labute approximate surface area is 211 Å². The number of para-hydroxylation sites is 1. The van der Waals surface area contributed by atoms with E-state index in [9.17, 15) is 18.0 Å². The van der Waals surface area contributed by atoms with E-state index in [1.165, 1.54) is 22.5 Å². The number of fused-ring (bicyclic) bond motifs is 1. The van der Waals surface area contributed by atoms with Crippen molar-refractivity contribution < 1.29 is 22.4 Å². The van der Waals surface area contributed by atoms with Crippen LogP contribution in [-0.4, -0.2) is 41.7 Å². The molecule has 0 saturated carbocycles. The van der Waals surface area contributed by atoms with Gasteiger partial charge in [0.25, 0.3) is 5.91 Å². The maximum atomic E-state index is 13.8. The van der Waals surface area contributed by atoms with E-state index in [0.717, 1.165) is 10.9 Å². The molecule has 1 unspecified atom stereocenters. The Morgan fingerprint density at radius 2 is 1.72 bits per heavy atom. The third kappa shape index (κ3) is 4.33. The molecule has 2 aromatic carbocycles. The van der Waals surface area contributed by atoms with E-state index in [-0.39, 0.29) is 16.6 Å². The summed E-state index contributed by atoms with van der Waals surface area (Å²) in [6, 6.07) is 13.1. The number of rotatable bonds is 6. The van der Waals surface area contributed by atoms with Crippen LogP contribution in [0.25, 0.3) is 11.0 Å². The van der Waals surface area contributed by atoms with Crippen molar-refractivity contribution >= 4 is 38.5 Å². The van der Waals surface area contributed by atoms with Crippen LogP contribution in [0.2, 0.25) is 0 Å². The highest BCUT2D eigenvalue weighted by Gasteiger charge is 2.57. The van der Waals surface area contributed by atoms with Gasteiger partial charge in [-0.15, -0.1) is 0 Å². The number of hydrogen-bond donors (Lipinski definition) is 2. The minimum absolute atomic E-state index is 0.0947. The molecule has 1 saturated heterocycles. The Morgan fingerprint density at radius 3 is 2.33 bits per heavy atom. The molecule has 2 amide bonds. The number of amides is 2. The number of aryl methyl sites for hydroxylation is 1. The Hall–Kier alpha value is -3.43. The molecule has 3 aromatic rings. The molecule has 0 spiro atoms. The number of nitrogens with one attached hydrogen (secondary N) is 2. The lowest BCUT2D eigenvalue weighted by Crippen LogP contribution is -2.56. The summed E-state index contributed by atoms with van der Waals surface area (Å²) >= 11 is 0. The zero-order chi connectivity index (χ0) is 26.5. The van der Waals surface area contributed by atoms with Gasteiger partial charge in [-0.05, 0) is 77.4 Å². The number of carbonyl (C=O) groups excluding carboxylic acids is 2. The summed E-state index contributed by atoms with van der Waals surface area (Å²) in [7, 11) is -3.93. The number of anilines is 1. The van der Waals surface area contributed by atoms with E-state index in [1.54, 1.807) is 32.0 Å². The van der Waals surface area contributed by atoms with Gasteiger partial charge in [0, 0.05) is 28.2 Å². The van der Waals surface area contributed by atoms with Crippen LogP contribution in [-0.2, 0) is 14.8 Å². The molecule has 1 aliphatic rings. The van der Waals surface area contributed by atoms with E-state index >= 15 is 0 Å². The standard InChI is InChI=1S/C27H31N3O5S/c1-7-23(31)29-22-16-26(3,4)30(27(22,5)6)36(33,34)19-14-12-18(13-15-19)28-25(32)24-17(2)20-10-8-9-11-21(20)35-24/h7-15,22H,1,16H2,2-6H3,(H,28,32)(H,29,31). The van der Waals surface area contributed by atoms with Crippen molar-refractivity contribution in [1.29, 1.82) is 0 Å². The molecule has 2 N–H and O–H groups in total. The smallest absolute Gasteiger partial charge is 0.291 e. The lowest BCUT2D eigenvalue weighted by molar-refractivity contribution is -0.117. The predicted molar refractivity (Wildman–Crippen MR) is 139 cm³/mol. The fraction of sp³-hybridized carbons (Fsp3) is 0.333. The van der Waals surface area contributed by atoms with Crippen LogP contribution in [0.5, 0.6) is 0 Å². The van der Waals surface area contributed by atoms with Crippen LogP contribution < -0.4 is 10.6 Å². The maximum absolute atomic E-state index is 13.8. The number of hydrogen-bond acceptors (Lipinski definition) is 5. The van der Waals surface area contributed by atoms with Crippen molar-refractivity contribution in [2.24, 2.45) is 0 Å². The summed E-state index contributed by atoms with van der Waals surface area (Å²) in [4.78, 5) is 24.9. The molecule has 0 radical (unpaired) electrons. The minimum atomic E-state index is -3.93. The van der Waals surface area contributed by atoms with Gasteiger partial charge in [-0.2, -0.15) is 4.31 Å². The van der Waals surface area contributed by atoms with Crippen LogP contribution in [0.1, 0.15) is 50.2 Å². The molecule has 36 heavy (non-hydrogen) atoms. The molecule has 190 valence electrons. The second-order valence-corrected chi connectivity index (χ2v) is 12.0. The first-order valence-electron chi connectivity index (χ1n) is 11.7. The molecule has 9 heteroatoms. The lowest BCUT2D eigenvalue weighted by atomic mass is 9.94. The van der Waals surface area contributed by atoms with Crippen molar-refractivity contribution in [2.45, 2.75) is 63.1 Å². The molecule has 4 rings (SSSR count). The fourth-order valence-electron chi connectivity index (χ4n) is 5.24. The highest BCUT2D eigenvalue weighted by atomic mass is 32.2. The Balaban J connectivity index is 1.58. The van der Waals surface area contributed by atoms with Crippen molar-refractivity contribution in [3.63, 3.8) is 0 Å². The lowest BCUT2D eigenvalue weighted by Gasteiger charge is -2.40. The number of carbonyl (C=O) groups is 2. The summed E-state index contributed by atoms with van der Waals surface area (Å²) in [5, 5.41) is 6.51. The number of furan rings is 1. The summed E-state index contributed by atoms with van der Waals surface area (Å²) in [6.45, 7) is 12.6. The SMILES string of the molecule is C=CC(=O)NC1CC(C)(C)N(S(=O)(=O)c2ccc(NC(=O)c3oc4ccccc4c3C)cc2)C1(C)C. The van der Waals surface area contributed by atoms with E-state index in [4.69, 9.17) is 4.42 Å². The normalized spacial score (nSPS) is 19.2. The molecule has 1 aliphatic heterocycles. The molecule has 1 aromatic heterocycles. The minimum Gasteiger partial charge on any atom is -0.451 e. The first-order valence-corrected chi connectivity index (χ1v) is 13.1. The number of nitrogens with zero attached hydrogens (tertiary/aromatic N) is 1. The highest BCUT2D eigenvalue weighted by molar-refractivity contribution is 7.89. The summed E-state index contributed by atoms with van der Waals surface area (Å²) in [6.07, 6.45) is 1.63. The molecule has 8 nitrogen and oxygen atoms in total. The second kappa shape index (κ2) is 8.90. The molecule has 0 bridgehead atoms. The van der Waals surface area contributed by atoms with Gasteiger partial charge >= 0.3 is 0 Å². The van der Waals surface area contributed by atoms with Crippen LogP contribution >= 0.6 is 0 Å². The largest absolute Gasteiger partial charge is 0.451 e. The number of sulfonamides is 1. The Bertz CT molecular complexity index is 1450. The zero-order valence-electron chi connectivity index (χ0n) is 21.1. The number of benzene rings is 2. The topological polar surface area (TPSA) is 109 Å². The highest BCUT2D eigenvalue weighted by Crippen LogP contribution is 2.44. The average molecular weight is 510 g/mol. The summed E-state index contributed by atoms with van der Waals surface area (Å²) in [5.74, 6) is -0.550. The second-order valence-electron chi connectivity index (χ2n) is 10.2. The first-order chi connectivity index (χ1) is 16.8. The maximum Gasteiger partial charge on any atom is 0.291 e. The monoisotopic (exact) mass is 509 g/mol. The van der Waals surface area contributed by atoms with Crippen molar-refractivity contribution in [3.05, 3.63) is 72.5 Å². The van der Waals surface area contributed by atoms with Gasteiger partial charge in [0.2, 0.25) is 15.9 Å². The Morgan fingerprint density at radius 1 is 1.08 bits per heavy atom. The van der Waals surface area contributed by atoms with Gasteiger partial charge in [0.15, 0.2) is 5.76 Å². The molecular formula is C27H31N3O5S. The van der Waals surface area contributed by atoms with Crippen molar-refractivity contribution in [2.75, 3.05) is 5.32 Å². The quantitative estimate of drug-likeness (QED) is 0.472. The molecule has 1 atom stereocenters.